The van der Waals surface area contributed by atoms with Gasteiger partial charge in [-0.1, -0.05) is 28.1 Å². The lowest BCUT2D eigenvalue weighted by atomic mass is 9.85. The van der Waals surface area contributed by atoms with Gasteiger partial charge in [0.2, 0.25) is 5.91 Å². The van der Waals surface area contributed by atoms with Crippen molar-refractivity contribution in [1.29, 1.82) is 0 Å². The van der Waals surface area contributed by atoms with Crippen LogP contribution in [0, 0.1) is 0 Å². The van der Waals surface area contributed by atoms with Crippen molar-refractivity contribution in [3.05, 3.63) is 34.3 Å². The minimum Gasteiger partial charge on any atom is -0.336 e. The zero-order valence-corrected chi connectivity index (χ0v) is 10.4. The number of carbonyl (C=O) groups is 1. The van der Waals surface area contributed by atoms with Gasteiger partial charge >= 0.3 is 0 Å². The lowest BCUT2D eigenvalue weighted by Gasteiger charge is -2.38. The van der Waals surface area contributed by atoms with Crippen LogP contribution in [0.15, 0.2) is 28.7 Å². The molecule has 1 amide bonds. The van der Waals surface area contributed by atoms with E-state index in [2.05, 4.69) is 26.6 Å². The molecule has 1 aliphatic heterocycles. The Morgan fingerprint density at radius 2 is 2.19 bits per heavy atom. The SMILES string of the molecule is O=C1NC2(CCC2)NC1c1cccc(Br)c1. The summed E-state index contributed by atoms with van der Waals surface area (Å²) in [4.78, 5) is 11.9. The Kier molecular flexibility index (Phi) is 2.30. The van der Waals surface area contributed by atoms with Gasteiger partial charge in [0.1, 0.15) is 6.04 Å². The van der Waals surface area contributed by atoms with Crippen LogP contribution in [0.5, 0.6) is 0 Å². The third-order valence-electron chi connectivity index (χ3n) is 3.43. The van der Waals surface area contributed by atoms with Crippen LogP contribution < -0.4 is 10.6 Å². The van der Waals surface area contributed by atoms with Crippen molar-refractivity contribution < 1.29 is 4.79 Å². The summed E-state index contributed by atoms with van der Waals surface area (Å²) in [7, 11) is 0. The van der Waals surface area contributed by atoms with Crippen molar-refractivity contribution in [2.24, 2.45) is 0 Å². The predicted octanol–water partition coefficient (Wildman–Crippen LogP) is 2.09. The second-order valence-corrected chi connectivity index (χ2v) is 5.47. The average molecular weight is 281 g/mol. The lowest BCUT2D eigenvalue weighted by Crippen LogP contribution is -2.55. The number of amides is 1. The number of carbonyl (C=O) groups excluding carboxylic acids is 1. The van der Waals surface area contributed by atoms with Crippen LogP contribution in [0.25, 0.3) is 0 Å². The topological polar surface area (TPSA) is 41.1 Å². The molecule has 3 rings (SSSR count). The van der Waals surface area contributed by atoms with E-state index in [1.54, 1.807) is 0 Å². The molecule has 1 saturated heterocycles. The fourth-order valence-electron chi connectivity index (χ4n) is 2.41. The molecule has 1 spiro atoms. The highest BCUT2D eigenvalue weighted by Crippen LogP contribution is 2.36. The molecule has 2 aliphatic rings. The minimum atomic E-state index is -0.196. The molecule has 1 aromatic rings. The van der Waals surface area contributed by atoms with Crippen molar-refractivity contribution >= 4 is 21.8 Å². The number of benzene rings is 1. The molecule has 2 fully saturated rings. The highest BCUT2D eigenvalue weighted by atomic mass is 79.9. The summed E-state index contributed by atoms with van der Waals surface area (Å²) < 4.78 is 1.01. The molecular weight excluding hydrogens is 268 g/mol. The summed E-state index contributed by atoms with van der Waals surface area (Å²) in [5.74, 6) is 0.0952. The van der Waals surface area contributed by atoms with E-state index in [0.717, 1.165) is 22.9 Å². The zero-order chi connectivity index (χ0) is 11.2. The summed E-state index contributed by atoms with van der Waals surface area (Å²) in [5, 5.41) is 6.49. The molecule has 0 bridgehead atoms. The second-order valence-electron chi connectivity index (χ2n) is 4.56. The number of hydrogen-bond acceptors (Lipinski definition) is 2. The van der Waals surface area contributed by atoms with Crippen LogP contribution in [-0.4, -0.2) is 11.6 Å². The van der Waals surface area contributed by atoms with E-state index >= 15 is 0 Å². The summed E-state index contributed by atoms with van der Waals surface area (Å²) in [6, 6.07) is 7.71. The quantitative estimate of drug-likeness (QED) is 0.827. The highest BCUT2D eigenvalue weighted by molar-refractivity contribution is 9.10. The van der Waals surface area contributed by atoms with Crippen LogP contribution in [0.3, 0.4) is 0 Å². The van der Waals surface area contributed by atoms with E-state index in [9.17, 15) is 4.79 Å². The van der Waals surface area contributed by atoms with Gasteiger partial charge in [0.05, 0.1) is 5.66 Å². The van der Waals surface area contributed by atoms with Gasteiger partial charge in [0.15, 0.2) is 0 Å². The van der Waals surface area contributed by atoms with Crippen molar-refractivity contribution in [2.75, 3.05) is 0 Å². The van der Waals surface area contributed by atoms with Crippen molar-refractivity contribution in [1.82, 2.24) is 10.6 Å². The van der Waals surface area contributed by atoms with Crippen LogP contribution in [-0.2, 0) is 4.79 Å². The molecule has 1 heterocycles. The molecule has 3 nitrogen and oxygen atoms in total. The van der Waals surface area contributed by atoms with Gasteiger partial charge in [-0.15, -0.1) is 0 Å². The zero-order valence-electron chi connectivity index (χ0n) is 8.79. The third kappa shape index (κ3) is 1.57. The molecule has 0 radical (unpaired) electrons. The maximum atomic E-state index is 11.9. The van der Waals surface area contributed by atoms with Gasteiger partial charge in [-0.25, -0.2) is 0 Å². The van der Waals surface area contributed by atoms with Gasteiger partial charge in [-0.05, 0) is 37.0 Å². The van der Waals surface area contributed by atoms with Gasteiger partial charge in [0.25, 0.3) is 0 Å². The molecule has 1 unspecified atom stereocenters. The van der Waals surface area contributed by atoms with E-state index in [1.165, 1.54) is 6.42 Å². The molecule has 16 heavy (non-hydrogen) atoms. The molecule has 4 heteroatoms. The Morgan fingerprint density at radius 1 is 1.38 bits per heavy atom. The van der Waals surface area contributed by atoms with Crippen LogP contribution in [0.1, 0.15) is 30.9 Å². The Labute approximate surface area is 103 Å². The van der Waals surface area contributed by atoms with E-state index < -0.39 is 0 Å². The first kappa shape index (κ1) is 10.3. The van der Waals surface area contributed by atoms with E-state index in [1.807, 2.05) is 24.3 Å². The maximum Gasteiger partial charge on any atom is 0.243 e. The normalized spacial score (nSPS) is 26.6. The number of halogens is 1. The lowest BCUT2D eigenvalue weighted by molar-refractivity contribution is -0.121. The number of nitrogens with one attached hydrogen (secondary N) is 2. The van der Waals surface area contributed by atoms with Gasteiger partial charge in [0, 0.05) is 4.47 Å². The van der Waals surface area contributed by atoms with Gasteiger partial charge < -0.3 is 5.32 Å². The largest absolute Gasteiger partial charge is 0.336 e. The first-order valence-electron chi connectivity index (χ1n) is 5.54. The summed E-state index contributed by atoms with van der Waals surface area (Å²) in [6.07, 6.45) is 3.28. The van der Waals surface area contributed by atoms with Crippen molar-refractivity contribution in [3.63, 3.8) is 0 Å². The maximum absolute atomic E-state index is 11.9. The molecular formula is C12H13BrN2O. The van der Waals surface area contributed by atoms with E-state index in [4.69, 9.17) is 0 Å². The van der Waals surface area contributed by atoms with Crippen LogP contribution in [0.4, 0.5) is 0 Å². The first-order valence-corrected chi connectivity index (χ1v) is 6.33. The van der Waals surface area contributed by atoms with Gasteiger partial charge in [-0.3, -0.25) is 10.1 Å². The molecule has 2 N–H and O–H groups in total. The molecule has 1 saturated carbocycles. The monoisotopic (exact) mass is 280 g/mol. The Morgan fingerprint density at radius 3 is 2.75 bits per heavy atom. The molecule has 0 aromatic heterocycles. The standard InChI is InChI=1S/C12H13BrN2O/c13-9-4-1-3-8(7-9)10-11(16)15-12(14-10)5-2-6-12/h1,3-4,7,10,14H,2,5-6H2,(H,15,16). The Hall–Kier alpha value is -0.870. The minimum absolute atomic E-state index is 0.0952. The van der Waals surface area contributed by atoms with E-state index in [0.29, 0.717) is 0 Å². The Balaban J connectivity index is 1.88. The fraction of sp³-hybridized carbons (Fsp3) is 0.417. The summed E-state index contributed by atoms with van der Waals surface area (Å²) >= 11 is 3.43. The smallest absolute Gasteiger partial charge is 0.243 e. The average Bonchev–Trinajstić information content (AvgIpc) is 2.56. The molecule has 1 aliphatic carbocycles. The summed E-state index contributed by atoms with van der Waals surface area (Å²) in [6.45, 7) is 0. The first-order chi connectivity index (χ1) is 7.69. The second kappa shape index (κ2) is 3.57. The van der Waals surface area contributed by atoms with Gasteiger partial charge in [-0.2, -0.15) is 0 Å². The van der Waals surface area contributed by atoms with E-state index in [-0.39, 0.29) is 17.6 Å². The fourth-order valence-corrected chi connectivity index (χ4v) is 2.82. The third-order valence-corrected chi connectivity index (χ3v) is 3.93. The van der Waals surface area contributed by atoms with Crippen LogP contribution in [0.2, 0.25) is 0 Å². The molecule has 84 valence electrons. The summed E-state index contributed by atoms with van der Waals surface area (Å²) in [5.41, 5.74) is 0.917. The molecule has 1 atom stereocenters. The predicted molar refractivity (Wildman–Crippen MR) is 64.7 cm³/mol. The van der Waals surface area contributed by atoms with Crippen molar-refractivity contribution in [2.45, 2.75) is 31.0 Å². The molecule has 1 aromatic carbocycles. The number of rotatable bonds is 1. The Bertz CT molecular complexity index is 442. The highest BCUT2D eigenvalue weighted by Gasteiger charge is 2.47. The number of hydrogen-bond donors (Lipinski definition) is 2. The van der Waals surface area contributed by atoms with Crippen molar-refractivity contribution in [3.8, 4) is 0 Å². The van der Waals surface area contributed by atoms with Crippen LogP contribution >= 0.6 is 15.9 Å².